The molecule has 1 aromatic rings. The van der Waals surface area contributed by atoms with Gasteiger partial charge in [-0.3, -0.25) is 4.98 Å². The number of hydrogen-bond acceptors (Lipinski definition) is 3. The maximum atomic E-state index is 5.06. The van der Waals surface area contributed by atoms with Crippen molar-refractivity contribution in [1.82, 2.24) is 10.3 Å². The maximum absolute atomic E-state index is 5.06. The third kappa shape index (κ3) is 5.24. The Morgan fingerprint density at radius 2 is 2.06 bits per heavy atom. The third-order valence-electron chi connectivity index (χ3n) is 2.84. The van der Waals surface area contributed by atoms with Crippen LogP contribution in [0.5, 0.6) is 0 Å². The van der Waals surface area contributed by atoms with Crippen molar-refractivity contribution in [3.63, 3.8) is 0 Å². The molecule has 1 N–H and O–H groups in total. The van der Waals surface area contributed by atoms with Crippen LogP contribution in [-0.4, -0.2) is 31.8 Å². The Morgan fingerprint density at radius 3 is 2.69 bits per heavy atom. The van der Waals surface area contributed by atoms with Crippen LogP contribution in [0, 0.1) is 0 Å². The molecule has 3 nitrogen and oxygen atoms in total. The zero-order valence-electron chi connectivity index (χ0n) is 10.3. The molecule has 0 aromatic carbocycles. The highest BCUT2D eigenvalue weighted by molar-refractivity contribution is 5.09. The minimum absolute atomic E-state index is 0.586. The number of aromatic nitrogens is 1. The second-order valence-electron chi connectivity index (χ2n) is 4.01. The number of aryl methyl sites for hydroxylation is 1. The average Bonchev–Trinajstić information content (AvgIpc) is 2.35. The number of methoxy groups -OCH3 is 1. The highest BCUT2D eigenvalue weighted by atomic mass is 16.5. The molecule has 0 radical (unpaired) electrons. The fourth-order valence-electron chi connectivity index (χ4n) is 1.80. The van der Waals surface area contributed by atoms with Crippen LogP contribution in [-0.2, 0) is 11.2 Å². The van der Waals surface area contributed by atoms with Gasteiger partial charge >= 0.3 is 0 Å². The van der Waals surface area contributed by atoms with E-state index >= 15 is 0 Å². The lowest BCUT2D eigenvalue weighted by Gasteiger charge is -2.15. The Kier molecular flexibility index (Phi) is 6.77. The molecule has 0 bridgehead atoms. The number of nitrogens with zero attached hydrogens (tertiary/aromatic N) is 1. The van der Waals surface area contributed by atoms with Crippen molar-refractivity contribution in [1.29, 1.82) is 0 Å². The molecule has 1 aromatic heterocycles. The molecule has 1 rings (SSSR count). The summed E-state index contributed by atoms with van der Waals surface area (Å²) < 4.78 is 5.06. The van der Waals surface area contributed by atoms with E-state index in [-0.39, 0.29) is 0 Å². The van der Waals surface area contributed by atoms with Gasteiger partial charge in [0.15, 0.2) is 0 Å². The predicted octanol–water partition coefficient (Wildman–Crippen LogP) is 2.03. The molecule has 1 atom stereocenters. The van der Waals surface area contributed by atoms with Crippen molar-refractivity contribution in [3.05, 3.63) is 30.1 Å². The van der Waals surface area contributed by atoms with E-state index < -0.39 is 0 Å². The number of hydrogen-bond donors (Lipinski definition) is 1. The molecule has 0 saturated heterocycles. The van der Waals surface area contributed by atoms with Crippen LogP contribution in [0.25, 0.3) is 0 Å². The van der Waals surface area contributed by atoms with E-state index in [0.717, 1.165) is 19.4 Å². The Morgan fingerprint density at radius 1 is 1.31 bits per heavy atom. The largest absolute Gasteiger partial charge is 0.385 e. The smallest absolute Gasteiger partial charge is 0.0462 e. The summed E-state index contributed by atoms with van der Waals surface area (Å²) in [5.41, 5.74) is 1.36. The van der Waals surface area contributed by atoms with Crippen molar-refractivity contribution in [2.45, 2.75) is 31.7 Å². The van der Waals surface area contributed by atoms with E-state index in [1.54, 1.807) is 7.11 Å². The van der Waals surface area contributed by atoms with Crippen molar-refractivity contribution in [3.8, 4) is 0 Å². The summed E-state index contributed by atoms with van der Waals surface area (Å²) in [7, 11) is 3.79. The van der Waals surface area contributed by atoms with Gasteiger partial charge in [-0.2, -0.15) is 0 Å². The lowest BCUT2D eigenvalue weighted by atomic mass is 10.0. The second kappa shape index (κ2) is 8.25. The van der Waals surface area contributed by atoms with Gasteiger partial charge in [-0.25, -0.2) is 0 Å². The molecule has 0 saturated carbocycles. The summed E-state index contributed by atoms with van der Waals surface area (Å²) >= 11 is 0. The van der Waals surface area contributed by atoms with Gasteiger partial charge in [-0.1, -0.05) is 0 Å². The standard InChI is InChI=1S/C13H22N2O/c1-14-13(4-3-11-16-2)6-5-12-7-9-15-10-8-12/h7-10,13-14H,3-6,11H2,1-2H3. The van der Waals surface area contributed by atoms with E-state index in [4.69, 9.17) is 4.74 Å². The predicted molar refractivity (Wildman–Crippen MR) is 66.5 cm³/mol. The molecule has 90 valence electrons. The normalized spacial score (nSPS) is 12.6. The Balaban J connectivity index is 2.23. The summed E-state index contributed by atoms with van der Waals surface area (Å²) in [6.45, 7) is 0.855. The topological polar surface area (TPSA) is 34.1 Å². The molecule has 0 aliphatic heterocycles. The van der Waals surface area contributed by atoms with Gasteiger partial charge in [0, 0.05) is 32.2 Å². The maximum Gasteiger partial charge on any atom is 0.0462 e. The highest BCUT2D eigenvalue weighted by Crippen LogP contribution is 2.07. The van der Waals surface area contributed by atoms with E-state index in [2.05, 4.69) is 22.4 Å². The van der Waals surface area contributed by atoms with Gasteiger partial charge < -0.3 is 10.1 Å². The Hall–Kier alpha value is -0.930. The third-order valence-corrected chi connectivity index (χ3v) is 2.84. The van der Waals surface area contributed by atoms with Crippen LogP contribution in [0.1, 0.15) is 24.8 Å². The zero-order valence-corrected chi connectivity index (χ0v) is 10.3. The lowest BCUT2D eigenvalue weighted by Crippen LogP contribution is -2.26. The van der Waals surface area contributed by atoms with E-state index in [9.17, 15) is 0 Å². The molecular formula is C13H22N2O. The summed E-state index contributed by atoms with van der Waals surface area (Å²) in [6.07, 6.45) is 8.29. The van der Waals surface area contributed by atoms with Crippen LogP contribution in [0.3, 0.4) is 0 Å². The number of rotatable bonds is 8. The quantitative estimate of drug-likeness (QED) is 0.683. The molecule has 1 unspecified atom stereocenters. The zero-order chi connectivity index (χ0) is 11.6. The van der Waals surface area contributed by atoms with Gasteiger partial charge in [-0.05, 0) is 50.4 Å². The SMILES string of the molecule is CNC(CCCOC)CCc1ccncc1. The van der Waals surface area contributed by atoms with Gasteiger partial charge in [0.25, 0.3) is 0 Å². The molecule has 1 heterocycles. The average molecular weight is 222 g/mol. The monoisotopic (exact) mass is 222 g/mol. The van der Waals surface area contributed by atoms with Gasteiger partial charge in [0.2, 0.25) is 0 Å². The second-order valence-corrected chi connectivity index (χ2v) is 4.01. The minimum Gasteiger partial charge on any atom is -0.385 e. The fourth-order valence-corrected chi connectivity index (χ4v) is 1.80. The van der Waals surface area contributed by atoms with Crippen molar-refractivity contribution in [2.24, 2.45) is 0 Å². The first-order chi connectivity index (χ1) is 7.86. The van der Waals surface area contributed by atoms with Crippen LogP contribution < -0.4 is 5.32 Å². The molecule has 16 heavy (non-hydrogen) atoms. The summed E-state index contributed by atoms with van der Waals surface area (Å²) in [5.74, 6) is 0. The molecule has 0 fully saturated rings. The minimum atomic E-state index is 0.586. The molecule has 0 spiro atoms. The van der Waals surface area contributed by atoms with Crippen molar-refractivity contribution < 1.29 is 4.74 Å². The molecule has 0 amide bonds. The summed E-state index contributed by atoms with van der Waals surface area (Å²) in [6, 6.07) is 4.76. The van der Waals surface area contributed by atoms with Gasteiger partial charge in [0.1, 0.15) is 0 Å². The molecule has 0 aliphatic rings. The van der Waals surface area contributed by atoms with Gasteiger partial charge in [-0.15, -0.1) is 0 Å². The van der Waals surface area contributed by atoms with Crippen LogP contribution in [0.2, 0.25) is 0 Å². The summed E-state index contributed by atoms with van der Waals surface area (Å²) in [5, 5.41) is 3.36. The van der Waals surface area contributed by atoms with Crippen LogP contribution in [0.4, 0.5) is 0 Å². The van der Waals surface area contributed by atoms with Crippen molar-refractivity contribution in [2.75, 3.05) is 20.8 Å². The molecular weight excluding hydrogens is 200 g/mol. The highest BCUT2D eigenvalue weighted by Gasteiger charge is 2.05. The van der Waals surface area contributed by atoms with E-state index in [1.165, 1.54) is 18.4 Å². The Labute approximate surface area is 98.2 Å². The Bertz CT molecular complexity index is 264. The molecule has 0 aliphatic carbocycles. The number of nitrogens with one attached hydrogen (secondary N) is 1. The van der Waals surface area contributed by atoms with E-state index in [0.29, 0.717) is 6.04 Å². The van der Waals surface area contributed by atoms with Crippen LogP contribution in [0.15, 0.2) is 24.5 Å². The van der Waals surface area contributed by atoms with Crippen LogP contribution >= 0.6 is 0 Å². The number of pyridine rings is 1. The first kappa shape index (κ1) is 13.1. The number of ether oxygens (including phenoxy) is 1. The lowest BCUT2D eigenvalue weighted by molar-refractivity contribution is 0.188. The first-order valence-corrected chi connectivity index (χ1v) is 5.92. The first-order valence-electron chi connectivity index (χ1n) is 5.92. The fraction of sp³-hybridized carbons (Fsp3) is 0.615. The van der Waals surface area contributed by atoms with Crippen molar-refractivity contribution >= 4 is 0 Å². The van der Waals surface area contributed by atoms with E-state index in [1.807, 2.05) is 19.4 Å². The summed E-state index contributed by atoms with van der Waals surface area (Å²) in [4.78, 5) is 4.02. The van der Waals surface area contributed by atoms with Gasteiger partial charge in [0.05, 0.1) is 0 Å². The molecule has 3 heteroatoms.